The second-order valence-electron chi connectivity index (χ2n) is 5.83. The van der Waals surface area contributed by atoms with Gasteiger partial charge in [0, 0.05) is 16.0 Å². The average molecular weight is 475 g/mol. The van der Waals surface area contributed by atoms with Crippen molar-refractivity contribution in [3.63, 3.8) is 0 Å². The molecule has 0 aliphatic heterocycles. The van der Waals surface area contributed by atoms with Crippen molar-refractivity contribution in [3.8, 4) is 10.6 Å². The first-order chi connectivity index (χ1) is 14.1. The largest absolute Gasteiger partial charge is 0.451 e. The third-order valence-corrected chi connectivity index (χ3v) is 5.18. The van der Waals surface area contributed by atoms with Crippen LogP contribution in [0.1, 0.15) is 16.1 Å². The first kappa shape index (κ1) is 22.1. The molecule has 1 heterocycles. The molecule has 1 aromatic heterocycles. The number of hydrogen-bond acceptors (Lipinski definition) is 5. The van der Waals surface area contributed by atoms with E-state index in [-0.39, 0.29) is 10.7 Å². The highest BCUT2D eigenvalue weighted by Gasteiger charge is 2.34. The Hall–Kier alpha value is -2.62. The summed E-state index contributed by atoms with van der Waals surface area (Å²) in [6, 6.07) is 9.89. The maximum Gasteiger partial charge on any atom is 0.418 e. The minimum absolute atomic E-state index is 0.0357. The molecule has 0 aliphatic carbocycles. The second-order valence-corrected chi connectivity index (χ2v) is 7.53. The number of carbonyl (C=O) groups excluding carboxylic acids is 2. The maximum atomic E-state index is 13.1. The zero-order valence-electron chi connectivity index (χ0n) is 14.8. The van der Waals surface area contributed by atoms with Gasteiger partial charge < -0.3 is 10.1 Å². The van der Waals surface area contributed by atoms with Crippen LogP contribution in [-0.4, -0.2) is 23.5 Å². The number of halogens is 5. The van der Waals surface area contributed by atoms with Gasteiger partial charge >= 0.3 is 12.1 Å². The minimum Gasteiger partial charge on any atom is -0.451 e. The van der Waals surface area contributed by atoms with Gasteiger partial charge in [-0.2, -0.15) is 13.2 Å². The van der Waals surface area contributed by atoms with Gasteiger partial charge in [0.1, 0.15) is 5.01 Å². The molecule has 5 nitrogen and oxygen atoms in total. The number of nitrogens with one attached hydrogen (secondary N) is 1. The van der Waals surface area contributed by atoms with Crippen molar-refractivity contribution >= 4 is 52.1 Å². The van der Waals surface area contributed by atoms with E-state index in [1.807, 2.05) is 5.32 Å². The number of thiazole rings is 1. The Morgan fingerprint density at radius 3 is 2.47 bits per heavy atom. The van der Waals surface area contributed by atoms with Crippen molar-refractivity contribution < 1.29 is 27.5 Å². The van der Waals surface area contributed by atoms with E-state index in [1.165, 1.54) is 22.8 Å². The van der Waals surface area contributed by atoms with Crippen LogP contribution in [0.4, 0.5) is 18.9 Å². The lowest BCUT2D eigenvalue weighted by Gasteiger charge is -2.15. The molecule has 1 amide bonds. The van der Waals surface area contributed by atoms with Gasteiger partial charge in [-0.15, -0.1) is 11.3 Å². The Morgan fingerprint density at radius 2 is 1.80 bits per heavy atom. The normalized spacial score (nSPS) is 11.2. The topological polar surface area (TPSA) is 68.3 Å². The molecule has 0 saturated carbocycles. The van der Waals surface area contributed by atoms with Crippen LogP contribution in [0, 0.1) is 0 Å². The molecule has 1 N–H and O–H groups in total. The summed E-state index contributed by atoms with van der Waals surface area (Å²) in [5.41, 5.74) is -1.01. The summed E-state index contributed by atoms with van der Waals surface area (Å²) in [7, 11) is 0. The van der Waals surface area contributed by atoms with Crippen LogP contribution < -0.4 is 5.32 Å². The number of alkyl halides is 3. The number of anilines is 1. The lowest BCUT2D eigenvalue weighted by Crippen LogP contribution is -2.23. The van der Waals surface area contributed by atoms with Gasteiger partial charge in [-0.05, 0) is 24.3 Å². The first-order valence-electron chi connectivity index (χ1n) is 8.19. The van der Waals surface area contributed by atoms with Gasteiger partial charge in [0.05, 0.1) is 16.3 Å². The monoisotopic (exact) mass is 474 g/mol. The molecule has 0 atom stereocenters. The van der Waals surface area contributed by atoms with Crippen LogP contribution in [-0.2, 0) is 15.7 Å². The number of ether oxygens (including phenoxy) is 1. The quantitative estimate of drug-likeness (QED) is 0.465. The summed E-state index contributed by atoms with van der Waals surface area (Å²) in [5.74, 6) is -1.87. The number of esters is 1. The van der Waals surface area contributed by atoms with Crippen molar-refractivity contribution in [3.05, 3.63) is 69.1 Å². The van der Waals surface area contributed by atoms with Crippen molar-refractivity contribution in [2.24, 2.45) is 0 Å². The molecule has 3 rings (SSSR count). The number of nitrogens with zero attached hydrogens (tertiary/aromatic N) is 1. The van der Waals surface area contributed by atoms with Gasteiger partial charge in [-0.3, -0.25) is 4.79 Å². The molecule has 0 unspecified atom stereocenters. The maximum absolute atomic E-state index is 13.1. The Labute approximate surface area is 182 Å². The first-order valence-corrected chi connectivity index (χ1v) is 9.83. The molecule has 2 aromatic carbocycles. The number of rotatable bonds is 5. The minimum atomic E-state index is -4.72. The molecule has 0 bridgehead atoms. The fourth-order valence-corrected chi connectivity index (χ4v) is 3.50. The van der Waals surface area contributed by atoms with Gasteiger partial charge in [0.25, 0.3) is 5.91 Å². The molecule has 30 heavy (non-hydrogen) atoms. The Morgan fingerprint density at radius 1 is 1.10 bits per heavy atom. The molecule has 3 aromatic rings. The standard InChI is InChI=1S/C19H11Cl2F3N2O3S/c20-11-6-4-10(5-7-11)17-25-14(9-30-17)18(28)29-8-15(27)26-16-12(19(22,23)24)2-1-3-13(16)21/h1-7,9H,8H2,(H,26,27). The summed E-state index contributed by atoms with van der Waals surface area (Å²) in [5, 5.41) is 4.27. The van der Waals surface area contributed by atoms with Gasteiger partial charge in [-0.1, -0.05) is 41.4 Å². The molecule has 156 valence electrons. The highest BCUT2D eigenvalue weighted by Crippen LogP contribution is 2.38. The van der Waals surface area contributed by atoms with E-state index in [1.54, 1.807) is 24.3 Å². The molecule has 0 spiro atoms. The van der Waals surface area contributed by atoms with E-state index in [9.17, 15) is 22.8 Å². The van der Waals surface area contributed by atoms with Crippen LogP contribution in [0.3, 0.4) is 0 Å². The van der Waals surface area contributed by atoms with E-state index in [0.29, 0.717) is 10.0 Å². The molecule has 0 saturated heterocycles. The molecule has 0 radical (unpaired) electrons. The van der Waals surface area contributed by atoms with Crippen LogP contribution in [0.2, 0.25) is 10.0 Å². The lowest BCUT2D eigenvalue weighted by molar-refractivity contribution is -0.137. The van der Waals surface area contributed by atoms with Crippen LogP contribution in [0.15, 0.2) is 47.8 Å². The predicted molar refractivity (Wildman–Crippen MR) is 108 cm³/mol. The molecule has 0 fully saturated rings. The Kier molecular flexibility index (Phi) is 6.64. The number of amides is 1. The van der Waals surface area contributed by atoms with E-state index < -0.39 is 35.9 Å². The number of hydrogen-bond donors (Lipinski definition) is 1. The zero-order chi connectivity index (χ0) is 21.9. The van der Waals surface area contributed by atoms with Gasteiger partial charge in [0.15, 0.2) is 12.3 Å². The SMILES string of the molecule is O=C(COC(=O)c1csc(-c2ccc(Cl)cc2)n1)Nc1c(Cl)cccc1C(F)(F)F. The van der Waals surface area contributed by atoms with E-state index >= 15 is 0 Å². The second kappa shape index (κ2) is 9.03. The van der Waals surface area contributed by atoms with Crippen molar-refractivity contribution in [1.82, 2.24) is 4.98 Å². The van der Waals surface area contributed by atoms with Crippen LogP contribution in [0.25, 0.3) is 10.6 Å². The predicted octanol–water partition coefficient (Wildman–Crippen LogP) is 5.93. The fraction of sp³-hybridized carbons (Fsp3) is 0.105. The smallest absolute Gasteiger partial charge is 0.418 e. The number of carbonyl (C=O) groups is 2. The summed E-state index contributed by atoms with van der Waals surface area (Å²) in [6.45, 7) is -0.810. The van der Waals surface area contributed by atoms with Crippen molar-refractivity contribution in [1.29, 1.82) is 0 Å². The molecule has 0 aliphatic rings. The van der Waals surface area contributed by atoms with Crippen LogP contribution >= 0.6 is 34.5 Å². The highest BCUT2D eigenvalue weighted by molar-refractivity contribution is 7.13. The summed E-state index contributed by atoms with van der Waals surface area (Å²) in [4.78, 5) is 28.2. The highest BCUT2D eigenvalue weighted by atomic mass is 35.5. The van der Waals surface area contributed by atoms with E-state index in [2.05, 4.69) is 4.98 Å². The Bertz CT molecular complexity index is 1090. The van der Waals surface area contributed by atoms with Crippen molar-refractivity contribution in [2.75, 3.05) is 11.9 Å². The lowest BCUT2D eigenvalue weighted by atomic mass is 10.1. The zero-order valence-corrected chi connectivity index (χ0v) is 17.1. The molecular formula is C19H11Cl2F3N2O3S. The summed E-state index contributed by atoms with van der Waals surface area (Å²) in [6.07, 6.45) is -4.72. The molecular weight excluding hydrogens is 464 g/mol. The van der Waals surface area contributed by atoms with Gasteiger partial charge in [-0.25, -0.2) is 9.78 Å². The fourth-order valence-electron chi connectivity index (χ4n) is 2.36. The average Bonchev–Trinajstić information content (AvgIpc) is 3.17. The van der Waals surface area contributed by atoms with E-state index in [0.717, 1.165) is 17.7 Å². The number of aromatic nitrogens is 1. The van der Waals surface area contributed by atoms with E-state index in [4.69, 9.17) is 27.9 Å². The van der Waals surface area contributed by atoms with Crippen molar-refractivity contribution in [2.45, 2.75) is 6.18 Å². The summed E-state index contributed by atoms with van der Waals surface area (Å²) < 4.78 is 44.0. The van der Waals surface area contributed by atoms with Gasteiger partial charge in [0.2, 0.25) is 0 Å². The third kappa shape index (κ3) is 5.29. The number of benzene rings is 2. The molecule has 11 heteroatoms. The number of para-hydroxylation sites is 1. The Balaban J connectivity index is 1.63. The van der Waals surface area contributed by atoms with Crippen LogP contribution in [0.5, 0.6) is 0 Å². The summed E-state index contributed by atoms with van der Waals surface area (Å²) >= 11 is 12.8. The third-order valence-electron chi connectivity index (χ3n) is 3.72.